The number of aliphatic hydroxyl groups excluding tert-OH is 1. The summed E-state index contributed by atoms with van der Waals surface area (Å²) in [6.07, 6.45) is 0.836. The van der Waals surface area contributed by atoms with Crippen molar-refractivity contribution in [3.05, 3.63) is 59.2 Å². The number of nitrogens with zero attached hydrogens (tertiary/aromatic N) is 2. The first-order valence-electron chi connectivity index (χ1n) is 11.3. The third kappa shape index (κ3) is 5.73. The van der Waals surface area contributed by atoms with Gasteiger partial charge in [-0.15, -0.1) is 0 Å². The molecule has 2 heterocycles. The Morgan fingerprint density at radius 2 is 2.09 bits per heavy atom. The molecule has 0 aliphatic carbocycles. The van der Waals surface area contributed by atoms with Gasteiger partial charge in [-0.3, -0.25) is 14.5 Å². The molecule has 1 saturated heterocycles. The number of likely N-dealkylation sites (N-methyl/N-ethyl adjacent to an activating group) is 1. The van der Waals surface area contributed by atoms with E-state index < -0.39 is 12.6 Å². The summed E-state index contributed by atoms with van der Waals surface area (Å²) in [5, 5.41) is 21.7. The van der Waals surface area contributed by atoms with Gasteiger partial charge >= 0.3 is 5.97 Å². The summed E-state index contributed by atoms with van der Waals surface area (Å²) in [6, 6.07) is 12.4. The van der Waals surface area contributed by atoms with E-state index in [0.29, 0.717) is 31.7 Å². The van der Waals surface area contributed by atoms with Gasteiger partial charge < -0.3 is 25.2 Å². The second kappa shape index (κ2) is 10.2. The third-order valence-electron chi connectivity index (χ3n) is 6.30. The summed E-state index contributed by atoms with van der Waals surface area (Å²) in [7, 11) is 1.75. The second-order valence-electron chi connectivity index (χ2n) is 8.87. The average molecular weight is 468 g/mol. The summed E-state index contributed by atoms with van der Waals surface area (Å²) in [5.74, 6) is -0.785. The normalized spacial score (nSPS) is 18.3. The van der Waals surface area contributed by atoms with Crippen molar-refractivity contribution in [1.82, 2.24) is 9.80 Å². The van der Waals surface area contributed by atoms with Crippen molar-refractivity contribution in [1.29, 1.82) is 0 Å². The minimum Gasteiger partial charge on any atom is -0.482 e. The Hall–Kier alpha value is -3.43. The van der Waals surface area contributed by atoms with Gasteiger partial charge in [0.1, 0.15) is 5.75 Å². The van der Waals surface area contributed by atoms with Crippen LogP contribution in [0.4, 0.5) is 5.69 Å². The van der Waals surface area contributed by atoms with Gasteiger partial charge in [-0.05, 0) is 41.3 Å². The van der Waals surface area contributed by atoms with E-state index in [9.17, 15) is 19.5 Å². The number of rotatable bonds is 9. The molecule has 4 rings (SSSR count). The molecule has 9 nitrogen and oxygen atoms in total. The first kappa shape index (κ1) is 23.7. The number of hydrogen-bond acceptors (Lipinski definition) is 6. The highest BCUT2D eigenvalue weighted by Gasteiger charge is 2.29. The zero-order valence-corrected chi connectivity index (χ0v) is 19.1. The minimum atomic E-state index is -1.06. The van der Waals surface area contributed by atoms with Crippen molar-refractivity contribution in [3.63, 3.8) is 0 Å². The quantitative estimate of drug-likeness (QED) is 0.511. The number of nitrogens with one attached hydrogen (secondary N) is 1. The summed E-state index contributed by atoms with van der Waals surface area (Å²) >= 11 is 0. The zero-order chi connectivity index (χ0) is 24.2. The second-order valence-corrected chi connectivity index (χ2v) is 8.87. The van der Waals surface area contributed by atoms with E-state index >= 15 is 0 Å². The lowest BCUT2D eigenvalue weighted by Crippen LogP contribution is -2.39. The number of ether oxygens (including phenoxy) is 1. The smallest absolute Gasteiger partial charge is 0.341 e. The highest BCUT2D eigenvalue weighted by molar-refractivity contribution is 5.99. The number of β-amino-alcohol motifs (C(OH)–C–C–N with tert-alkyl or cyclic N) is 1. The number of hydrogen-bond donors (Lipinski definition) is 3. The Kier molecular flexibility index (Phi) is 7.14. The van der Waals surface area contributed by atoms with E-state index in [1.165, 1.54) is 0 Å². The Labute approximate surface area is 197 Å². The van der Waals surface area contributed by atoms with Crippen molar-refractivity contribution in [2.75, 3.05) is 38.6 Å². The highest BCUT2D eigenvalue weighted by atomic mass is 16.5. The molecule has 2 amide bonds. The van der Waals surface area contributed by atoms with Crippen LogP contribution in [0.5, 0.6) is 5.75 Å². The lowest BCUT2D eigenvalue weighted by molar-refractivity contribution is -0.139. The molecule has 0 radical (unpaired) electrons. The topological polar surface area (TPSA) is 119 Å². The van der Waals surface area contributed by atoms with Crippen LogP contribution in [0.2, 0.25) is 0 Å². The number of carbonyl (C=O) groups excluding carboxylic acids is 2. The molecule has 3 N–H and O–H groups in total. The molecule has 9 heteroatoms. The Morgan fingerprint density at radius 1 is 1.26 bits per heavy atom. The van der Waals surface area contributed by atoms with E-state index in [2.05, 4.69) is 10.2 Å². The largest absolute Gasteiger partial charge is 0.482 e. The van der Waals surface area contributed by atoms with Gasteiger partial charge in [0, 0.05) is 32.4 Å². The number of likely N-dealkylation sites (tertiary alicyclic amines) is 1. The number of carboxylic acids is 1. The van der Waals surface area contributed by atoms with E-state index in [1.54, 1.807) is 30.1 Å². The molecule has 0 spiro atoms. The number of aliphatic carboxylic acids is 1. The molecule has 0 bridgehead atoms. The van der Waals surface area contributed by atoms with Crippen molar-refractivity contribution in [2.45, 2.75) is 31.4 Å². The molecule has 2 aliphatic rings. The summed E-state index contributed by atoms with van der Waals surface area (Å²) < 4.78 is 5.34. The SMILES string of the molecule is CN(C(=O)Cc1ccc2c(c1)NC(=O)C2)C(CN1CC[C@H](O)C1)c1cccc(OCC(=O)O)c1. The number of amides is 2. The Morgan fingerprint density at radius 3 is 2.82 bits per heavy atom. The van der Waals surface area contributed by atoms with Crippen LogP contribution in [0.1, 0.15) is 29.2 Å². The molecule has 2 aliphatic heterocycles. The number of aliphatic hydroxyl groups is 1. The number of carboxylic acid groups (broad SMARTS) is 1. The van der Waals surface area contributed by atoms with Crippen LogP contribution < -0.4 is 10.1 Å². The van der Waals surface area contributed by atoms with Crippen LogP contribution in [0.25, 0.3) is 0 Å². The number of carbonyl (C=O) groups is 3. The Balaban J connectivity index is 1.52. The van der Waals surface area contributed by atoms with Gasteiger partial charge in [0.2, 0.25) is 11.8 Å². The summed E-state index contributed by atoms with van der Waals surface area (Å²) in [4.78, 5) is 39.6. The number of fused-ring (bicyclic) bond motifs is 1. The first-order chi connectivity index (χ1) is 16.3. The van der Waals surface area contributed by atoms with Gasteiger partial charge in [0.25, 0.3) is 0 Å². The van der Waals surface area contributed by atoms with E-state index in [-0.39, 0.29) is 30.4 Å². The fourth-order valence-electron chi connectivity index (χ4n) is 4.48. The maximum atomic E-state index is 13.3. The van der Waals surface area contributed by atoms with Crippen molar-refractivity contribution < 1.29 is 29.3 Å². The molecule has 1 unspecified atom stereocenters. The maximum Gasteiger partial charge on any atom is 0.341 e. The molecule has 180 valence electrons. The van der Waals surface area contributed by atoms with Crippen LogP contribution in [-0.4, -0.2) is 77.2 Å². The van der Waals surface area contributed by atoms with Gasteiger partial charge in [-0.2, -0.15) is 0 Å². The van der Waals surface area contributed by atoms with Gasteiger partial charge in [0.15, 0.2) is 6.61 Å². The van der Waals surface area contributed by atoms with Crippen LogP contribution in [0, 0.1) is 0 Å². The third-order valence-corrected chi connectivity index (χ3v) is 6.30. The molecule has 34 heavy (non-hydrogen) atoms. The molecule has 2 aromatic rings. The summed E-state index contributed by atoms with van der Waals surface area (Å²) in [5.41, 5.74) is 3.31. The molecule has 2 atom stereocenters. The Bertz CT molecular complexity index is 1090. The molecular formula is C25H29N3O6. The van der Waals surface area contributed by atoms with Crippen molar-refractivity contribution >= 4 is 23.5 Å². The van der Waals surface area contributed by atoms with Crippen molar-refractivity contribution in [2.24, 2.45) is 0 Å². The van der Waals surface area contributed by atoms with E-state index in [0.717, 1.165) is 28.9 Å². The van der Waals surface area contributed by atoms with Crippen molar-refractivity contribution in [3.8, 4) is 5.75 Å². The van der Waals surface area contributed by atoms with Crippen LogP contribution >= 0.6 is 0 Å². The van der Waals surface area contributed by atoms with E-state index in [1.807, 2.05) is 24.3 Å². The molecule has 0 saturated carbocycles. The van der Waals surface area contributed by atoms with Crippen LogP contribution in [0.15, 0.2) is 42.5 Å². The minimum absolute atomic E-state index is 0.0477. The van der Waals surface area contributed by atoms with E-state index in [4.69, 9.17) is 9.84 Å². The fraction of sp³-hybridized carbons (Fsp3) is 0.400. The molecule has 1 fully saturated rings. The van der Waals surface area contributed by atoms with Gasteiger partial charge in [-0.25, -0.2) is 4.79 Å². The van der Waals surface area contributed by atoms with Gasteiger partial charge in [0.05, 0.1) is 25.0 Å². The number of anilines is 1. The predicted octanol–water partition coefficient (Wildman–Crippen LogP) is 1.45. The maximum absolute atomic E-state index is 13.3. The highest BCUT2D eigenvalue weighted by Crippen LogP contribution is 2.28. The summed E-state index contributed by atoms with van der Waals surface area (Å²) in [6.45, 7) is 1.36. The first-order valence-corrected chi connectivity index (χ1v) is 11.3. The van der Waals surface area contributed by atoms with Crippen LogP contribution in [-0.2, 0) is 27.2 Å². The average Bonchev–Trinajstić information content (AvgIpc) is 3.39. The molecular weight excluding hydrogens is 438 g/mol. The molecule has 2 aromatic carbocycles. The zero-order valence-electron chi connectivity index (χ0n) is 19.1. The standard InChI is InChI=1S/C25H29N3O6/c1-27(24(31)10-16-5-6-17-12-23(30)26-21(17)9-16)22(14-28-8-7-19(29)13-28)18-3-2-4-20(11-18)34-15-25(32)33/h2-6,9,11,19,22,29H,7-8,10,12-15H2,1H3,(H,26,30)(H,32,33)/t19-,22?/m0/s1. The number of benzene rings is 2. The lowest BCUT2D eigenvalue weighted by atomic mass is 10.0. The molecule has 0 aromatic heterocycles. The van der Waals surface area contributed by atoms with Gasteiger partial charge in [-0.1, -0.05) is 24.3 Å². The monoisotopic (exact) mass is 467 g/mol. The predicted molar refractivity (Wildman–Crippen MR) is 125 cm³/mol. The van der Waals surface area contributed by atoms with Crippen LogP contribution in [0.3, 0.4) is 0 Å². The lowest BCUT2D eigenvalue weighted by Gasteiger charge is -2.32. The fourth-order valence-corrected chi connectivity index (χ4v) is 4.48.